The van der Waals surface area contributed by atoms with Crippen molar-refractivity contribution in [3.05, 3.63) is 47.7 Å². The number of halogens is 1. The number of carbonyl (C=O) groups excluding carboxylic acids is 1. The lowest BCUT2D eigenvalue weighted by Crippen LogP contribution is -2.41. The van der Waals surface area contributed by atoms with Crippen LogP contribution in [0.1, 0.15) is 22.5 Å². The standard InChI is InChI=1S/C16H16FN7OS/c17-10-4-6-22(7-10)13-1-2-14(20-19-13)24-8-11-12(21-24)9-23(16(11)25)15-3-5-18-26-15/h1-3,5,8,10,19-20H,4,6-7,9H2/t10-/m0/s1. The van der Waals surface area contributed by atoms with E-state index in [4.69, 9.17) is 0 Å². The Morgan fingerprint density at radius 2 is 2.12 bits per heavy atom. The largest absolute Gasteiger partial charge is 0.354 e. The highest BCUT2D eigenvalue weighted by molar-refractivity contribution is 7.10. The van der Waals surface area contributed by atoms with Gasteiger partial charge in [-0.05, 0) is 36.2 Å². The number of likely N-dealkylation sites (tertiary alicyclic amines) is 1. The van der Waals surface area contributed by atoms with Crippen LogP contribution in [0, 0.1) is 0 Å². The highest BCUT2D eigenvalue weighted by Gasteiger charge is 2.33. The highest BCUT2D eigenvalue weighted by Crippen LogP contribution is 2.30. The molecule has 1 saturated heterocycles. The third-order valence-electron chi connectivity index (χ3n) is 4.70. The van der Waals surface area contributed by atoms with Gasteiger partial charge in [0.1, 0.15) is 22.8 Å². The van der Waals surface area contributed by atoms with E-state index in [9.17, 15) is 9.18 Å². The zero-order valence-electron chi connectivity index (χ0n) is 13.7. The molecule has 1 atom stereocenters. The van der Waals surface area contributed by atoms with E-state index in [2.05, 4.69) is 20.3 Å². The molecule has 0 bridgehead atoms. The Hall–Kier alpha value is -2.88. The minimum absolute atomic E-state index is 0.0674. The highest BCUT2D eigenvalue weighted by atomic mass is 32.1. The Bertz CT molecular complexity index is 919. The monoisotopic (exact) mass is 373 g/mol. The Morgan fingerprint density at radius 3 is 2.77 bits per heavy atom. The van der Waals surface area contributed by atoms with Crippen LogP contribution in [0.25, 0.3) is 5.82 Å². The van der Waals surface area contributed by atoms with Gasteiger partial charge in [0, 0.05) is 18.9 Å². The van der Waals surface area contributed by atoms with E-state index in [0.29, 0.717) is 37.4 Å². The van der Waals surface area contributed by atoms with Crippen LogP contribution in [0.4, 0.5) is 9.39 Å². The smallest absolute Gasteiger partial charge is 0.262 e. The molecule has 8 nitrogen and oxygen atoms in total. The molecule has 5 rings (SSSR count). The number of hydrogen-bond acceptors (Lipinski definition) is 7. The van der Waals surface area contributed by atoms with Gasteiger partial charge in [-0.25, -0.2) is 9.07 Å². The molecule has 2 aromatic heterocycles. The summed E-state index contributed by atoms with van der Waals surface area (Å²) in [7, 11) is 0. The van der Waals surface area contributed by atoms with Crippen molar-refractivity contribution in [1.82, 2.24) is 29.9 Å². The number of hydrogen-bond donors (Lipinski definition) is 2. The molecule has 2 aromatic rings. The average Bonchev–Trinajstić information content (AvgIpc) is 3.41. The lowest BCUT2D eigenvalue weighted by molar-refractivity contribution is 0.0997. The maximum atomic E-state index is 13.3. The van der Waals surface area contributed by atoms with Gasteiger partial charge in [-0.15, -0.1) is 0 Å². The molecule has 0 aliphatic carbocycles. The minimum Gasteiger partial charge on any atom is -0.354 e. The van der Waals surface area contributed by atoms with E-state index < -0.39 is 6.17 Å². The van der Waals surface area contributed by atoms with Crippen molar-refractivity contribution >= 4 is 28.3 Å². The number of aromatic nitrogens is 3. The van der Waals surface area contributed by atoms with Crippen LogP contribution < -0.4 is 15.8 Å². The van der Waals surface area contributed by atoms with Crippen LogP contribution in [0.3, 0.4) is 0 Å². The minimum atomic E-state index is -0.773. The number of alkyl halides is 1. The molecule has 26 heavy (non-hydrogen) atoms. The molecule has 3 aliphatic rings. The summed E-state index contributed by atoms with van der Waals surface area (Å²) in [6.07, 6.45) is 6.95. The number of nitrogens with one attached hydrogen (secondary N) is 2. The molecule has 0 unspecified atom stereocenters. The van der Waals surface area contributed by atoms with Gasteiger partial charge in [0.05, 0.1) is 24.3 Å². The third-order valence-corrected chi connectivity index (χ3v) is 5.47. The Morgan fingerprint density at radius 1 is 1.27 bits per heavy atom. The number of rotatable bonds is 3. The zero-order valence-corrected chi connectivity index (χ0v) is 14.5. The van der Waals surface area contributed by atoms with Crippen LogP contribution >= 0.6 is 11.5 Å². The van der Waals surface area contributed by atoms with E-state index in [-0.39, 0.29) is 5.91 Å². The van der Waals surface area contributed by atoms with Gasteiger partial charge < -0.3 is 4.90 Å². The Balaban J connectivity index is 1.35. The molecule has 0 aromatic carbocycles. The topological polar surface area (TPSA) is 78.3 Å². The van der Waals surface area contributed by atoms with Crippen LogP contribution in [0.15, 0.2) is 36.4 Å². The fourth-order valence-electron chi connectivity index (χ4n) is 3.35. The first-order valence-electron chi connectivity index (χ1n) is 8.33. The number of carbonyl (C=O) groups is 1. The molecular weight excluding hydrogens is 357 g/mol. The van der Waals surface area contributed by atoms with Crippen molar-refractivity contribution in [1.29, 1.82) is 0 Å². The average molecular weight is 373 g/mol. The summed E-state index contributed by atoms with van der Waals surface area (Å²) in [4.78, 5) is 16.2. The molecule has 5 heterocycles. The van der Waals surface area contributed by atoms with Gasteiger partial charge in [-0.3, -0.25) is 20.5 Å². The van der Waals surface area contributed by atoms with Gasteiger partial charge >= 0.3 is 0 Å². The summed E-state index contributed by atoms with van der Waals surface area (Å²) < 4.78 is 19.0. The summed E-state index contributed by atoms with van der Waals surface area (Å²) in [5, 5.41) is 5.34. The molecule has 0 radical (unpaired) electrons. The number of allylic oxidation sites excluding steroid dienone is 2. The van der Waals surface area contributed by atoms with Crippen molar-refractivity contribution < 1.29 is 9.18 Å². The van der Waals surface area contributed by atoms with Crippen molar-refractivity contribution in [3.63, 3.8) is 0 Å². The van der Waals surface area contributed by atoms with Gasteiger partial charge in [-0.2, -0.15) is 9.47 Å². The summed E-state index contributed by atoms with van der Waals surface area (Å²) in [5.74, 6) is 1.47. The normalized spacial score (nSPS) is 22.0. The van der Waals surface area contributed by atoms with E-state index in [0.717, 1.165) is 16.5 Å². The number of anilines is 1. The van der Waals surface area contributed by atoms with E-state index >= 15 is 0 Å². The fourth-order valence-corrected chi connectivity index (χ4v) is 3.94. The molecule has 1 fully saturated rings. The molecule has 1 amide bonds. The van der Waals surface area contributed by atoms with E-state index in [1.165, 1.54) is 11.5 Å². The molecule has 0 spiro atoms. The van der Waals surface area contributed by atoms with Gasteiger partial charge in [0.2, 0.25) is 0 Å². The van der Waals surface area contributed by atoms with E-state index in [1.807, 2.05) is 23.1 Å². The van der Waals surface area contributed by atoms with Crippen molar-refractivity contribution in [2.24, 2.45) is 0 Å². The molecule has 10 heteroatoms. The fraction of sp³-hybridized carbons (Fsp3) is 0.312. The van der Waals surface area contributed by atoms with Crippen molar-refractivity contribution in [2.75, 3.05) is 18.0 Å². The van der Waals surface area contributed by atoms with Gasteiger partial charge in [0.25, 0.3) is 5.91 Å². The summed E-state index contributed by atoms with van der Waals surface area (Å²) in [6, 6.07) is 1.82. The van der Waals surface area contributed by atoms with Gasteiger partial charge in [-0.1, -0.05) is 0 Å². The van der Waals surface area contributed by atoms with E-state index in [1.54, 1.807) is 22.0 Å². The number of hydrazine groups is 1. The Kier molecular flexibility index (Phi) is 3.45. The van der Waals surface area contributed by atoms with Crippen molar-refractivity contribution in [3.8, 4) is 0 Å². The number of amides is 1. The summed E-state index contributed by atoms with van der Waals surface area (Å²) in [6.45, 7) is 1.54. The second-order valence-electron chi connectivity index (χ2n) is 6.36. The molecule has 134 valence electrons. The molecular formula is C16H16FN7OS. The first-order chi connectivity index (χ1) is 12.7. The molecule has 2 N–H and O–H groups in total. The molecule has 3 aliphatic heterocycles. The second kappa shape index (κ2) is 5.84. The van der Waals surface area contributed by atoms with Crippen LogP contribution in [-0.2, 0) is 6.54 Å². The van der Waals surface area contributed by atoms with Crippen LogP contribution in [0.2, 0.25) is 0 Å². The van der Waals surface area contributed by atoms with Crippen molar-refractivity contribution in [2.45, 2.75) is 19.1 Å². The zero-order chi connectivity index (χ0) is 17.7. The van der Waals surface area contributed by atoms with Crippen LogP contribution in [-0.4, -0.2) is 44.2 Å². The number of fused-ring (bicyclic) bond motifs is 1. The SMILES string of the molecule is O=C1c2cn(C3=CC=C(N4CC[C@H](F)C4)NN3)nc2CN1c1ccns1. The maximum Gasteiger partial charge on any atom is 0.262 e. The predicted octanol–water partition coefficient (Wildman–Crippen LogP) is 1.29. The van der Waals surface area contributed by atoms with Crippen LogP contribution in [0.5, 0.6) is 0 Å². The Labute approximate surface area is 152 Å². The lowest BCUT2D eigenvalue weighted by atomic mass is 10.3. The number of nitrogens with zero attached hydrogens (tertiary/aromatic N) is 5. The summed E-state index contributed by atoms with van der Waals surface area (Å²) in [5.41, 5.74) is 7.47. The first kappa shape index (κ1) is 15.4. The third kappa shape index (κ3) is 2.45. The first-order valence-corrected chi connectivity index (χ1v) is 9.11. The maximum absolute atomic E-state index is 13.3. The predicted molar refractivity (Wildman–Crippen MR) is 94.6 cm³/mol. The quantitative estimate of drug-likeness (QED) is 0.844. The second-order valence-corrected chi connectivity index (χ2v) is 7.17. The molecule has 0 saturated carbocycles. The van der Waals surface area contributed by atoms with Gasteiger partial charge in [0.15, 0.2) is 0 Å². The lowest BCUT2D eigenvalue weighted by Gasteiger charge is -2.26. The summed E-state index contributed by atoms with van der Waals surface area (Å²) >= 11 is 1.29.